The van der Waals surface area contributed by atoms with E-state index >= 15 is 0 Å². The molecule has 24 heavy (non-hydrogen) atoms. The highest BCUT2D eigenvalue weighted by molar-refractivity contribution is 5.65. The molecule has 0 saturated carbocycles. The first-order valence-electron chi connectivity index (χ1n) is 8.73. The fourth-order valence-corrected chi connectivity index (χ4v) is 1.89. The van der Waals surface area contributed by atoms with Gasteiger partial charge in [-0.3, -0.25) is 4.79 Å². The third-order valence-corrected chi connectivity index (χ3v) is 3.30. The zero-order valence-electron chi connectivity index (χ0n) is 14.9. The molecule has 0 aliphatic rings. The Kier molecular flexibility index (Phi) is 14.9. The minimum atomic E-state index is -0.806. The molecule has 0 aliphatic heterocycles. The lowest BCUT2D eigenvalue weighted by Gasteiger charge is -2.02. The van der Waals surface area contributed by atoms with Crippen LogP contribution in [0.5, 0.6) is 0 Å². The Hall–Kier alpha value is -1.75. The van der Waals surface area contributed by atoms with Crippen molar-refractivity contribution in [2.24, 2.45) is 0 Å². The molecule has 2 unspecified atom stereocenters. The highest BCUT2D eigenvalue weighted by Gasteiger charge is 1.94. The average Bonchev–Trinajstić information content (AvgIpc) is 2.56. The summed E-state index contributed by atoms with van der Waals surface area (Å²) in [5, 5.41) is 18.8. The van der Waals surface area contributed by atoms with Crippen molar-refractivity contribution in [1.82, 2.24) is 0 Å². The topological polar surface area (TPSA) is 66.8 Å². The van der Waals surface area contributed by atoms with Crippen LogP contribution in [0.3, 0.4) is 0 Å². The second kappa shape index (κ2) is 16.1. The van der Waals surface area contributed by atoms with Crippen molar-refractivity contribution in [3.8, 4) is 23.7 Å². The highest BCUT2D eigenvalue weighted by atomic mass is 16.5. The second-order valence-corrected chi connectivity index (χ2v) is 5.59. The lowest BCUT2D eigenvalue weighted by atomic mass is 10.1. The summed E-state index contributed by atoms with van der Waals surface area (Å²) in [6.07, 6.45) is 10.2. The van der Waals surface area contributed by atoms with Gasteiger partial charge >= 0.3 is 5.97 Å². The third-order valence-electron chi connectivity index (χ3n) is 3.30. The quantitative estimate of drug-likeness (QED) is 0.264. The largest absolute Gasteiger partial charge is 0.466 e. The van der Waals surface area contributed by atoms with Gasteiger partial charge in [-0.2, -0.15) is 0 Å². The zero-order valence-corrected chi connectivity index (χ0v) is 14.9. The molecule has 0 aromatic rings. The number of hydrogen-bond donors (Lipinski definition) is 2. The molecule has 0 heterocycles. The summed E-state index contributed by atoms with van der Waals surface area (Å²) < 4.78 is 4.87. The SMILES string of the molecule is CCC(O)C#CC#CC(O)/C=C\CCCCCCCCOC(C)=O. The molecular weight excluding hydrogens is 304 g/mol. The van der Waals surface area contributed by atoms with Gasteiger partial charge < -0.3 is 14.9 Å². The van der Waals surface area contributed by atoms with Crippen molar-refractivity contribution in [2.45, 2.75) is 77.4 Å². The van der Waals surface area contributed by atoms with Crippen molar-refractivity contribution in [2.75, 3.05) is 6.61 Å². The van der Waals surface area contributed by atoms with Gasteiger partial charge in [0.15, 0.2) is 0 Å². The van der Waals surface area contributed by atoms with Gasteiger partial charge in [-0.05, 0) is 43.6 Å². The molecule has 0 amide bonds. The first-order valence-corrected chi connectivity index (χ1v) is 8.73. The normalized spacial score (nSPS) is 12.7. The summed E-state index contributed by atoms with van der Waals surface area (Å²) in [4.78, 5) is 10.6. The maximum absolute atomic E-state index is 10.6. The van der Waals surface area contributed by atoms with Crippen LogP contribution in [0.15, 0.2) is 12.2 Å². The van der Waals surface area contributed by atoms with Gasteiger partial charge in [0.25, 0.3) is 0 Å². The minimum absolute atomic E-state index is 0.209. The van der Waals surface area contributed by atoms with Gasteiger partial charge in [-0.25, -0.2) is 0 Å². The summed E-state index contributed by atoms with van der Waals surface area (Å²) in [5.41, 5.74) is 0. The number of rotatable bonds is 11. The Bertz CT molecular complexity index is 473. The Balaban J connectivity index is 3.56. The van der Waals surface area contributed by atoms with E-state index in [2.05, 4.69) is 23.7 Å². The first-order chi connectivity index (χ1) is 11.6. The van der Waals surface area contributed by atoms with Gasteiger partial charge in [-0.1, -0.05) is 50.5 Å². The number of carbonyl (C=O) groups is 1. The summed E-state index contributed by atoms with van der Waals surface area (Å²) in [6.45, 7) is 3.80. The van der Waals surface area contributed by atoms with Crippen molar-refractivity contribution in [1.29, 1.82) is 0 Å². The molecule has 2 atom stereocenters. The molecule has 0 radical (unpaired) electrons. The summed E-state index contributed by atoms with van der Waals surface area (Å²) >= 11 is 0. The van der Waals surface area contributed by atoms with Gasteiger partial charge in [-0.15, -0.1) is 0 Å². The fourth-order valence-electron chi connectivity index (χ4n) is 1.89. The van der Waals surface area contributed by atoms with E-state index in [9.17, 15) is 15.0 Å². The Morgan fingerprint density at radius 2 is 1.67 bits per heavy atom. The average molecular weight is 334 g/mol. The van der Waals surface area contributed by atoms with Crippen LogP contribution in [0.2, 0.25) is 0 Å². The second-order valence-electron chi connectivity index (χ2n) is 5.59. The Labute approximate surface area is 146 Å². The van der Waals surface area contributed by atoms with E-state index in [1.165, 1.54) is 13.3 Å². The predicted octanol–water partition coefficient (Wildman–Crippen LogP) is 2.98. The Morgan fingerprint density at radius 1 is 1.04 bits per heavy atom. The number of aliphatic hydroxyl groups is 2. The van der Waals surface area contributed by atoms with Gasteiger partial charge in [0.05, 0.1) is 6.61 Å². The molecule has 134 valence electrons. The number of esters is 1. The maximum atomic E-state index is 10.6. The predicted molar refractivity (Wildman–Crippen MR) is 95.9 cm³/mol. The van der Waals surface area contributed by atoms with Gasteiger partial charge in [0.2, 0.25) is 0 Å². The summed E-state index contributed by atoms with van der Waals surface area (Å²) in [5.74, 6) is 10.0. The highest BCUT2D eigenvalue weighted by Crippen LogP contribution is 2.08. The van der Waals surface area contributed by atoms with Crippen LogP contribution < -0.4 is 0 Å². The molecule has 2 N–H and O–H groups in total. The lowest BCUT2D eigenvalue weighted by Crippen LogP contribution is -2.00. The fraction of sp³-hybridized carbons (Fsp3) is 0.650. The molecule has 4 nitrogen and oxygen atoms in total. The standard InChI is InChI=1S/C20H30O4/c1-3-19(22)14-11-12-16-20(23)15-10-8-6-4-5-7-9-13-17-24-18(2)21/h10,15,19-20,22-23H,3-9,13,17H2,1-2H3/b15-10-. The summed E-state index contributed by atoms with van der Waals surface area (Å²) in [7, 11) is 0. The molecule has 0 aromatic carbocycles. The number of unbranched alkanes of at least 4 members (excludes halogenated alkanes) is 6. The van der Waals surface area contributed by atoms with Crippen molar-refractivity contribution >= 4 is 5.97 Å². The molecule has 0 aliphatic carbocycles. The van der Waals surface area contributed by atoms with Crippen molar-refractivity contribution < 1.29 is 19.7 Å². The van der Waals surface area contributed by atoms with E-state index < -0.39 is 12.2 Å². The van der Waals surface area contributed by atoms with Crippen LogP contribution in [0.4, 0.5) is 0 Å². The van der Waals surface area contributed by atoms with Crippen LogP contribution in [0, 0.1) is 23.7 Å². The van der Waals surface area contributed by atoms with Crippen molar-refractivity contribution in [3.05, 3.63) is 12.2 Å². The molecule has 0 rings (SSSR count). The van der Waals surface area contributed by atoms with Crippen molar-refractivity contribution in [3.63, 3.8) is 0 Å². The zero-order chi connectivity index (χ0) is 18.0. The van der Waals surface area contributed by atoms with E-state index in [0.717, 1.165) is 38.5 Å². The molecule has 4 heteroatoms. The third kappa shape index (κ3) is 16.6. The number of aliphatic hydroxyl groups excluding tert-OH is 2. The molecular formula is C20H30O4. The van der Waals surface area contributed by atoms with Gasteiger partial charge in [0.1, 0.15) is 12.2 Å². The minimum Gasteiger partial charge on any atom is -0.466 e. The van der Waals surface area contributed by atoms with E-state index in [-0.39, 0.29) is 5.97 Å². The maximum Gasteiger partial charge on any atom is 0.302 e. The van der Waals surface area contributed by atoms with E-state index in [4.69, 9.17) is 4.74 Å². The van der Waals surface area contributed by atoms with Crippen LogP contribution in [-0.2, 0) is 9.53 Å². The monoisotopic (exact) mass is 334 g/mol. The smallest absolute Gasteiger partial charge is 0.302 e. The Morgan fingerprint density at radius 3 is 2.33 bits per heavy atom. The molecule has 0 spiro atoms. The van der Waals surface area contributed by atoms with Crippen LogP contribution in [0.1, 0.15) is 65.2 Å². The lowest BCUT2D eigenvalue weighted by molar-refractivity contribution is -0.141. The van der Waals surface area contributed by atoms with Crippen LogP contribution in [-0.4, -0.2) is 35.0 Å². The van der Waals surface area contributed by atoms with E-state index in [1.807, 2.05) is 13.0 Å². The van der Waals surface area contributed by atoms with E-state index in [1.54, 1.807) is 6.08 Å². The van der Waals surface area contributed by atoms with Crippen LogP contribution >= 0.6 is 0 Å². The number of allylic oxidation sites excluding steroid dienone is 1. The van der Waals surface area contributed by atoms with Gasteiger partial charge in [0, 0.05) is 6.92 Å². The molecule has 0 saturated heterocycles. The number of ether oxygens (including phenoxy) is 1. The van der Waals surface area contributed by atoms with E-state index in [0.29, 0.717) is 13.0 Å². The number of hydrogen-bond acceptors (Lipinski definition) is 4. The molecule has 0 bridgehead atoms. The molecule has 0 fully saturated rings. The molecule has 0 aromatic heterocycles. The van der Waals surface area contributed by atoms with Crippen LogP contribution in [0.25, 0.3) is 0 Å². The number of carbonyl (C=O) groups excluding carboxylic acids is 1. The first kappa shape index (κ1) is 22.2. The summed E-state index contributed by atoms with van der Waals surface area (Å²) in [6, 6.07) is 0.